The second-order valence-corrected chi connectivity index (χ2v) is 6.78. The van der Waals surface area contributed by atoms with Gasteiger partial charge in [0, 0.05) is 37.1 Å². The molecular weight excluding hydrogens is 357 g/mol. The third kappa shape index (κ3) is 4.10. The van der Waals surface area contributed by atoms with Crippen LogP contribution in [0.15, 0.2) is 16.2 Å². The van der Waals surface area contributed by atoms with Crippen molar-refractivity contribution in [3.63, 3.8) is 0 Å². The highest BCUT2D eigenvalue weighted by Gasteiger charge is 2.35. The summed E-state index contributed by atoms with van der Waals surface area (Å²) in [5, 5.41) is 1.41. The third-order valence-electron chi connectivity index (χ3n) is 4.06. The van der Waals surface area contributed by atoms with Crippen LogP contribution in [0, 0.1) is 0 Å². The number of aromatic amines is 1. The highest BCUT2D eigenvalue weighted by molar-refractivity contribution is 7.13. The quantitative estimate of drug-likeness (QED) is 0.844. The summed E-state index contributed by atoms with van der Waals surface area (Å²) in [5.41, 5.74) is 4.92. The van der Waals surface area contributed by atoms with E-state index < -0.39 is 11.9 Å². The Bertz CT molecular complexity index is 804. The Morgan fingerprint density at radius 2 is 2.24 bits per heavy atom. The number of nitrogens with two attached hydrogens (primary N) is 1. The number of nitrogens with one attached hydrogen (secondary N) is 1. The minimum atomic E-state index is -4.42. The van der Waals surface area contributed by atoms with Gasteiger partial charge in [-0.1, -0.05) is 0 Å². The van der Waals surface area contributed by atoms with Crippen molar-refractivity contribution < 1.29 is 13.2 Å². The molecule has 0 amide bonds. The van der Waals surface area contributed by atoms with Crippen molar-refractivity contribution in [2.24, 2.45) is 0 Å². The smallest absolute Gasteiger partial charge is 0.369 e. The predicted octanol–water partition coefficient (Wildman–Crippen LogP) is 1.54. The van der Waals surface area contributed by atoms with E-state index in [1.165, 1.54) is 6.07 Å². The number of nitrogen functional groups attached to an aromatic ring is 1. The number of hydrogen-bond donors (Lipinski definition) is 2. The maximum absolute atomic E-state index is 12.7. The van der Waals surface area contributed by atoms with Crippen molar-refractivity contribution in [3.8, 4) is 0 Å². The van der Waals surface area contributed by atoms with Crippen LogP contribution in [0.3, 0.4) is 0 Å². The van der Waals surface area contributed by atoms with Gasteiger partial charge in [-0.3, -0.25) is 14.7 Å². The van der Waals surface area contributed by atoms with Crippen LogP contribution in [-0.4, -0.2) is 46.0 Å². The van der Waals surface area contributed by atoms with Crippen LogP contribution in [0.2, 0.25) is 0 Å². The standard InChI is InChI=1S/C14H17F3N6OS/c1-22(5-8-4-11(24)21-12(18)19-8)9-2-3-23(6-9)13-20-10(7-25-13)14(15,16)17/h4,7,9H,2-3,5-6H2,1H3,(H3,18,19,21,24). The Balaban J connectivity index is 1.64. The molecule has 0 spiro atoms. The molecule has 0 bridgehead atoms. The lowest BCUT2D eigenvalue weighted by atomic mass is 10.2. The highest BCUT2D eigenvalue weighted by Crippen LogP contribution is 2.34. The van der Waals surface area contributed by atoms with Gasteiger partial charge in [-0.2, -0.15) is 13.2 Å². The third-order valence-corrected chi connectivity index (χ3v) is 4.97. The van der Waals surface area contributed by atoms with Gasteiger partial charge in [-0.25, -0.2) is 9.97 Å². The number of hydrogen-bond acceptors (Lipinski definition) is 7. The van der Waals surface area contributed by atoms with E-state index >= 15 is 0 Å². The van der Waals surface area contributed by atoms with Crippen LogP contribution < -0.4 is 16.2 Å². The second-order valence-electron chi connectivity index (χ2n) is 5.94. The molecule has 11 heteroatoms. The van der Waals surface area contributed by atoms with Crippen LogP contribution in [0.5, 0.6) is 0 Å². The van der Waals surface area contributed by atoms with E-state index in [1.54, 1.807) is 0 Å². The number of H-pyrrole nitrogens is 1. The van der Waals surface area contributed by atoms with Gasteiger partial charge < -0.3 is 10.6 Å². The molecule has 2 aromatic rings. The monoisotopic (exact) mass is 374 g/mol. The maximum Gasteiger partial charge on any atom is 0.434 e. The first-order chi connectivity index (χ1) is 11.7. The topological polar surface area (TPSA) is 91.1 Å². The first-order valence-corrected chi connectivity index (χ1v) is 8.44. The van der Waals surface area contributed by atoms with E-state index in [-0.39, 0.29) is 17.5 Å². The summed E-state index contributed by atoms with van der Waals surface area (Å²) in [6.45, 7) is 1.63. The van der Waals surface area contributed by atoms with Gasteiger partial charge in [0.25, 0.3) is 5.56 Å². The summed E-state index contributed by atoms with van der Waals surface area (Å²) in [7, 11) is 1.89. The fourth-order valence-corrected chi connectivity index (χ4v) is 3.68. The lowest BCUT2D eigenvalue weighted by Crippen LogP contribution is -2.34. The summed E-state index contributed by atoms with van der Waals surface area (Å²) in [6.07, 6.45) is -3.63. The zero-order valence-corrected chi connectivity index (χ0v) is 14.2. The minimum Gasteiger partial charge on any atom is -0.369 e. The lowest BCUT2D eigenvalue weighted by Gasteiger charge is -2.24. The lowest BCUT2D eigenvalue weighted by molar-refractivity contribution is -0.140. The molecule has 1 unspecified atom stereocenters. The van der Waals surface area contributed by atoms with E-state index in [4.69, 9.17) is 5.73 Å². The van der Waals surface area contributed by atoms with E-state index in [0.717, 1.165) is 23.1 Å². The molecule has 3 N–H and O–H groups in total. The van der Waals surface area contributed by atoms with Gasteiger partial charge >= 0.3 is 6.18 Å². The van der Waals surface area contributed by atoms with Crippen LogP contribution >= 0.6 is 11.3 Å². The van der Waals surface area contributed by atoms with Gasteiger partial charge in [0.15, 0.2) is 10.8 Å². The van der Waals surface area contributed by atoms with Crippen LogP contribution in [0.25, 0.3) is 0 Å². The molecule has 7 nitrogen and oxygen atoms in total. The summed E-state index contributed by atoms with van der Waals surface area (Å²) >= 11 is 0.997. The minimum absolute atomic E-state index is 0.0615. The Hall–Kier alpha value is -2.14. The zero-order valence-electron chi connectivity index (χ0n) is 13.4. The summed E-state index contributed by atoms with van der Waals surface area (Å²) in [6, 6.07) is 1.51. The number of likely N-dealkylation sites (N-methyl/N-ethyl adjacent to an activating group) is 1. The molecule has 1 aliphatic heterocycles. The molecule has 0 radical (unpaired) electrons. The number of halogens is 3. The van der Waals surface area contributed by atoms with E-state index in [2.05, 4.69) is 15.0 Å². The fourth-order valence-electron chi connectivity index (χ4n) is 2.81. The molecule has 2 aromatic heterocycles. The average Bonchev–Trinajstić information content (AvgIpc) is 3.15. The molecule has 136 valence electrons. The van der Waals surface area contributed by atoms with Crippen molar-refractivity contribution in [2.75, 3.05) is 30.8 Å². The molecule has 1 fully saturated rings. The largest absolute Gasteiger partial charge is 0.434 e. The number of thiazole rings is 1. The van der Waals surface area contributed by atoms with Gasteiger partial charge in [-0.05, 0) is 13.5 Å². The zero-order chi connectivity index (χ0) is 18.2. The number of aromatic nitrogens is 3. The second kappa shape index (κ2) is 6.64. The van der Waals surface area contributed by atoms with E-state index in [0.29, 0.717) is 30.5 Å². The number of nitrogens with zero attached hydrogens (tertiary/aromatic N) is 4. The molecule has 1 atom stereocenters. The van der Waals surface area contributed by atoms with Gasteiger partial charge in [0.05, 0.1) is 5.69 Å². The molecular formula is C14H17F3N6OS. The predicted molar refractivity (Wildman–Crippen MR) is 88.5 cm³/mol. The van der Waals surface area contributed by atoms with Crippen molar-refractivity contribution in [1.29, 1.82) is 0 Å². The normalized spacial score (nSPS) is 18.3. The molecule has 3 rings (SSSR count). The van der Waals surface area contributed by atoms with Gasteiger partial charge in [-0.15, -0.1) is 11.3 Å². The number of rotatable bonds is 4. The van der Waals surface area contributed by atoms with E-state index in [1.807, 2.05) is 16.8 Å². The van der Waals surface area contributed by atoms with Gasteiger partial charge in [0.1, 0.15) is 0 Å². The Kier molecular flexibility index (Phi) is 4.69. The number of alkyl halides is 3. The average molecular weight is 374 g/mol. The maximum atomic E-state index is 12.7. The molecule has 0 aromatic carbocycles. The highest BCUT2D eigenvalue weighted by atomic mass is 32.1. The molecule has 0 saturated carbocycles. The van der Waals surface area contributed by atoms with Crippen molar-refractivity contribution in [3.05, 3.63) is 33.2 Å². The first kappa shape index (κ1) is 17.7. The number of anilines is 2. The van der Waals surface area contributed by atoms with Crippen LogP contribution in [-0.2, 0) is 12.7 Å². The van der Waals surface area contributed by atoms with Crippen molar-refractivity contribution in [1.82, 2.24) is 19.9 Å². The molecule has 1 aliphatic rings. The fraction of sp³-hybridized carbons (Fsp3) is 0.500. The summed E-state index contributed by atoms with van der Waals surface area (Å²) in [5.74, 6) is 0.0615. The molecule has 0 aliphatic carbocycles. The van der Waals surface area contributed by atoms with Crippen molar-refractivity contribution >= 4 is 22.4 Å². The Morgan fingerprint density at radius 3 is 2.88 bits per heavy atom. The van der Waals surface area contributed by atoms with E-state index in [9.17, 15) is 18.0 Å². The van der Waals surface area contributed by atoms with Crippen LogP contribution in [0.4, 0.5) is 24.3 Å². The molecule has 3 heterocycles. The molecule has 25 heavy (non-hydrogen) atoms. The summed E-state index contributed by atoms with van der Waals surface area (Å²) < 4.78 is 38.0. The summed E-state index contributed by atoms with van der Waals surface area (Å²) in [4.78, 5) is 25.5. The van der Waals surface area contributed by atoms with Gasteiger partial charge in [0.2, 0.25) is 5.95 Å². The van der Waals surface area contributed by atoms with Crippen LogP contribution in [0.1, 0.15) is 17.8 Å². The SMILES string of the molecule is CN(Cc1cc(=O)[nH]c(N)n1)C1CCN(c2nc(C(F)(F)F)cs2)C1. The Labute approximate surface area is 145 Å². The molecule has 1 saturated heterocycles. The van der Waals surface area contributed by atoms with Crippen molar-refractivity contribution in [2.45, 2.75) is 25.2 Å². The Morgan fingerprint density at radius 1 is 1.48 bits per heavy atom. The first-order valence-electron chi connectivity index (χ1n) is 7.56.